The van der Waals surface area contributed by atoms with Gasteiger partial charge < -0.3 is 9.47 Å². The van der Waals surface area contributed by atoms with Crippen LogP contribution in [-0.4, -0.2) is 27.6 Å². The van der Waals surface area contributed by atoms with Crippen LogP contribution in [0.2, 0.25) is 0 Å². The second-order valence-corrected chi connectivity index (χ2v) is 5.94. The van der Waals surface area contributed by atoms with E-state index in [-0.39, 0.29) is 12.9 Å². The van der Waals surface area contributed by atoms with Gasteiger partial charge in [-0.25, -0.2) is 0 Å². The van der Waals surface area contributed by atoms with E-state index >= 15 is 0 Å². The topological polar surface area (TPSA) is 61.8 Å². The zero-order valence-electron chi connectivity index (χ0n) is 10.4. The van der Waals surface area contributed by atoms with E-state index in [1.165, 1.54) is 0 Å². The Kier molecular flexibility index (Phi) is 3.77. The Bertz CT molecular complexity index is 523. The minimum atomic E-state index is -3.38. The van der Waals surface area contributed by atoms with Crippen LogP contribution in [0, 0.1) is 0 Å². The molecule has 0 spiro atoms. The summed E-state index contributed by atoms with van der Waals surface area (Å²) in [4.78, 5) is 0. The molecular formula is C12H16O5S. The lowest BCUT2D eigenvalue weighted by molar-refractivity contribution is 0.174. The van der Waals surface area contributed by atoms with Gasteiger partial charge in [0.1, 0.15) is 0 Å². The molecule has 0 bridgehead atoms. The van der Waals surface area contributed by atoms with Gasteiger partial charge in [0.05, 0.1) is 12.4 Å². The van der Waals surface area contributed by atoms with Crippen LogP contribution in [0.15, 0.2) is 18.2 Å². The van der Waals surface area contributed by atoms with Crippen molar-refractivity contribution in [2.24, 2.45) is 0 Å². The SMILES string of the molecule is CC(CCc1ccc2c(c1)OCO2)OS(C)(=O)=O. The van der Waals surface area contributed by atoms with E-state index in [1.807, 2.05) is 18.2 Å². The summed E-state index contributed by atoms with van der Waals surface area (Å²) < 4.78 is 37.3. The number of ether oxygens (including phenoxy) is 2. The molecule has 6 heteroatoms. The Hall–Kier alpha value is -1.27. The van der Waals surface area contributed by atoms with E-state index in [0.717, 1.165) is 29.7 Å². The Balaban J connectivity index is 1.90. The molecule has 0 N–H and O–H groups in total. The smallest absolute Gasteiger partial charge is 0.264 e. The normalized spacial score (nSPS) is 15.7. The van der Waals surface area contributed by atoms with Crippen molar-refractivity contribution in [3.8, 4) is 11.5 Å². The predicted molar refractivity (Wildman–Crippen MR) is 66.3 cm³/mol. The van der Waals surface area contributed by atoms with Gasteiger partial charge in [0.15, 0.2) is 11.5 Å². The fraction of sp³-hybridized carbons (Fsp3) is 0.500. The molecule has 1 aromatic carbocycles. The van der Waals surface area contributed by atoms with Crippen molar-refractivity contribution in [1.82, 2.24) is 0 Å². The molecule has 2 rings (SSSR count). The molecule has 18 heavy (non-hydrogen) atoms. The van der Waals surface area contributed by atoms with Crippen molar-refractivity contribution in [3.63, 3.8) is 0 Å². The number of aryl methyl sites for hydroxylation is 1. The van der Waals surface area contributed by atoms with Crippen LogP contribution in [0.4, 0.5) is 0 Å². The Labute approximate surface area is 107 Å². The molecule has 0 radical (unpaired) electrons. The highest BCUT2D eigenvalue weighted by Gasteiger charge is 2.14. The minimum absolute atomic E-state index is 0.256. The summed E-state index contributed by atoms with van der Waals surface area (Å²) >= 11 is 0. The summed E-state index contributed by atoms with van der Waals surface area (Å²) in [6, 6.07) is 5.72. The van der Waals surface area contributed by atoms with E-state index in [0.29, 0.717) is 6.42 Å². The van der Waals surface area contributed by atoms with Crippen LogP contribution in [0.1, 0.15) is 18.9 Å². The van der Waals surface area contributed by atoms with Gasteiger partial charge in [-0.1, -0.05) is 6.07 Å². The van der Waals surface area contributed by atoms with E-state index in [1.54, 1.807) is 6.92 Å². The second kappa shape index (κ2) is 5.16. The lowest BCUT2D eigenvalue weighted by atomic mass is 10.1. The Morgan fingerprint density at radius 2 is 2.06 bits per heavy atom. The lowest BCUT2D eigenvalue weighted by Crippen LogP contribution is -2.14. The van der Waals surface area contributed by atoms with Gasteiger partial charge in [0.25, 0.3) is 10.1 Å². The molecule has 1 heterocycles. The zero-order valence-corrected chi connectivity index (χ0v) is 11.2. The average molecular weight is 272 g/mol. The molecular weight excluding hydrogens is 256 g/mol. The van der Waals surface area contributed by atoms with Crippen molar-refractivity contribution >= 4 is 10.1 Å². The van der Waals surface area contributed by atoms with Crippen LogP contribution >= 0.6 is 0 Å². The standard InChI is InChI=1S/C12H16O5S/c1-9(17-18(2,13)14)3-4-10-5-6-11-12(7-10)16-8-15-11/h5-7,9H,3-4,8H2,1-2H3. The van der Waals surface area contributed by atoms with Gasteiger partial charge in [-0.2, -0.15) is 8.42 Å². The second-order valence-electron chi connectivity index (χ2n) is 4.34. The molecule has 5 nitrogen and oxygen atoms in total. The fourth-order valence-corrected chi connectivity index (χ4v) is 2.51. The average Bonchev–Trinajstić information content (AvgIpc) is 2.71. The number of hydrogen-bond acceptors (Lipinski definition) is 5. The Morgan fingerprint density at radius 3 is 2.78 bits per heavy atom. The lowest BCUT2D eigenvalue weighted by Gasteiger charge is -2.10. The molecule has 0 saturated heterocycles. The molecule has 1 aliphatic rings. The molecule has 1 atom stereocenters. The minimum Gasteiger partial charge on any atom is -0.454 e. The first-order chi connectivity index (χ1) is 8.44. The molecule has 0 fully saturated rings. The summed E-state index contributed by atoms with van der Waals surface area (Å²) in [6.07, 6.45) is 2.09. The van der Waals surface area contributed by atoms with Crippen molar-refractivity contribution in [1.29, 1.82) is 0 Å². The van der Waals surface area contributed by atoms with Gasteiger partial charge >= 0.3 is 0 Å². The van der Waals surface area contributed by atoms with Crippen molar-refractivity contribution in [3.05, 3.63) is 23.8 Å². The molecule has 0 aliphatic carbocycles. The summed E-state index contributed by atoms with van der Waals surface area (Å²) in [6.45, 7) is 2.00. The van der Waals surface area contributed by atoms with Gasteiger partial charge in [0, 0.05) is 0 Å². The van der Waals surface area contributed by atoms with Crippen molar-refractivity contribution in [2.75, 3.05) is 13.0 Å². The molecule has 0 saturated carbocycles. The highest BCUT2D eigenvalue weighted by molar-refractivity contribution is 7.86. The van der Waals surface area contributed by atoms with Gasteiger partial charge in [-0.05, 0) is 37.5 Å². The molecule has 100 valence electrons. The molecule has 0 aromatic heterocycles. The largest absolute Gasteiger partial charge is 0.454 e. The van der Waals surface area contributed by atoms with Crippen LogP contribution in [0.5, 0.6) is 11.5 Å². The van der Waals surface area contributed by atoms with Crippen LogP contribution in [-0.2, 0) is 20.7 Å². The molecule has 0 amide bonds. The first kappa shape index (κ1) is 13.2. The van der Waals surface area contributed by atoms with E-state index in [4.69, 9.17) is 13.7 Å². The highest BCUT2D eigenvalue weighted by atomic mass is 32.2. The number of hydrogen-bond donors (Lipinski definition) is 0. The third-order valence-corrected chi connectivity index (χ3v) is 3.29. The summed E-state index contributed by atoms with van der Waals surface area (Å²) in [5.41, 5.74) is 1.07. The van der Waals surface area contributed by atoms with Crippen molar-refractivity contribution in [2.45, 2.75) is 25.9 Å². The third kappa shape index (κ3) is 3.61. The molecule has 1 aromatic rings. The van der Waals surface area contributed by atoms with E-state index in [2.05, 4.69) is 0 Å². The number of benzene rings is 1. The van der Waals surface area contributed by atoms with E-state index < -0.39 is 10.1 Å². The fourth-order valence-electron chi connectivity index (χ4n) is 1.81. The predicted octanol–water partition coefficient (Wildman–Crippen LogP) is 1.71. The van der Waals surface area contributed by atoms with Crippen LogP contribution in [0.3, 0.4) is 0 Å². The summed E-state index contributed by atoms with van der Waals surface area (Å²) in [7, 11) is -3.38. The summed E-state index contributed by atoms with van der Waals surface area (Å²) in [5, 5.41) is 0. The van der Waals surface area contributed by atoms with Crippen LogP contribution in [0.25, 0.3) is 0 Å². The number of rotatable bonds is 5. The van der Waals surface area contributed by atoms with Crippen LogP contribution < -0.4 is 9.47 Å². The van der Waals surface area contributed by atoms with Gasteiger partial charge in [-0.15, -0.1) is 0 Å². The summed E-state index contributed by atoms with van der Waals surface area (Å²) in [5.74, 6) is 1.49. The zero-order chi connectivity index (χ0) is 13.2. The quantitative estimate of drug-likeness (QED) is 0.764. The highest BCUT2D eigenvalue weighted by Crippen LogP contribution is 2.32. The Morgan fingerprint density at radius 1 is 1.33 bits per heavy atom. The first-order valence-electron chi connectivity index (χ1n) is 5.71. The monoisotopic (exact) mass is 272 g/mol. The van der Waals surface area contributed by atoms with Gasteiger partial charge in [-0.3, -0.25) is 4.18 Å². The molecule has 1 aliphatic heterocycles. The maximum Gasteiger partial charge on any atom is 0.264 e. The third-order valence-electron chi connectivity index (χ3n) is 2.62. The van der Waals surface area contributed by atoms with Gasteiger partial charge in [0.2, 0.25) is 6.79 Å². The first-order valence-corrected chi connectivity index (χ1v) is 7.52. The maximum absolute atomic E-state index is 10.9. The van der Waals surface area contributed by atoms with Crippen molar-refractivity contribution < 1.29 is 22.1 Å². The number of fused-ring (bicyclic) bond motifs is 1. The van der Waals surface area contributed by atoms with E-state index in [9.17, 15) is 8.42 Å². The molecule has 1 unspecified atom stereocenters. The maximum atomic E-state index is 10.9.